The summed E-state index contributed by atoms with van der Waals surface area (Å²) in [6.07, 6.45) is 4.89. The normalized spacial score (nSPS) is 16.0. The minimum Gasteiger partial charge on any atom is -0.486 e. The number of likely N-dealkylation sites (N-methyl/N-ethyl adjacent to an activating group) is 1. The average molecular weight is 370 g/mol. The fourth-order valence-corrected chi connectivity index (χ4v) is 2.90. The molecule has 0 amide bonds. The number of aliphatic hydroxyl groups is 1. The van der Waals surface area contributed by atoms with Gasteiger partial charge in [-0.05, 0) is 25.1 Å². The van der Waals surface area contributed by atoms with Crippen molar-refractivity contribution in [1.82, 2.24) is 19.5 Å². The fraction of sp³-hybridized carbons (Fsp3) is 0.278. The van der Waals surface area contributed by atoms with Gasteiger partial charge < -0.3 is 24.6 Å². The quantitative estimate of drug-likeness (QED) is 0.727. The number of anilines is 3. The Hall–Kier alpha value is -3.20. The lowest BCUT2D eigenvalue weighted by Crippen LogP contribution is -2.43. The summed E-state index contributed by atoms with van der Waals surface area (Å²) in [5, 5.41) is 12.4. The van der Waals surface area contributed by atoms with Crippen LogP contribution in [0.3, 0.4) is 0 Å². The van der Waals surface area contributed by atoms with E-state index in [2.05, 4.69) is 20.3 Å². The van der Waals surface area contributed by atoms with Gasteiger partial charge in [0, 0.05) is 18.9 Å². The van der Waals surface area contributed by atoms with E-state index in [9.17, 15) is 9.50 Å². The van der Waals surface area contributed by atoms with Crippen molar-refractivity contribution in [3.05, 3.63) is 48.4 Å². The van der Waals surface area contributed by atoms with Gasteiger partial charge in [-0.2, -0.15) is 4.98 Å². The number of aromatic nitrogens is 4. The number of benzene rings is 1. The Labute approximate surface area is 155 Å². The van der Waals surface area contributed by atoms with Crippen LogP contribution in [0, 0.1) is 12.7 Å². The SMILES string of the molecule is Cc1cn(-c2ccc(Nc3ncc4c(n3)N(C)[C@@H](CO)CO4)cc2F)cn1. The minimum absolute atomic E-state index is 0.0386. The average Bonchev–Trinajstić information content (AvgIpc) is 3.09. The Morgan fingerprint density at radius 2 is 2.22 bits per heavy atom. The van der Waals surface area contributed by atoms with Gasteiger partial charge in [0.2, 0.25) is 5.95 Å². The van der Waals surface area contributed by atoms with Crippen LogP contribution in [0.5, 0.6) is 5.75 Å². The molecule has 0 saturated heterocycles. The van der Waals surface area contributed by atoms with Crippen LogP contribution >= 0.6 is 0 Å². The molecule has 8 nitrogen and oxygen atoms in total. The molecule has 2 N–H and O–H groups in total. The first-order valence-corrected chi connectivity index (χ1v) is 8.46. The van der Waals surface area contributed by atoms with Crippen molar-refractivity contribution in [2.75, 3.05) is 30.5 Å². The number of aliphatic hydroxyl groups excluding tert-OH is 1. The Morgan fingerprint density at radius 1 is 1.37 bits per heavy atom. The molecule has 0 saturated carbocycles. The van der Waals surface area contributed by atoms with Crippen LogP contribution in [-0.2, 0) is 0 Å². The number of hydrogen-bond donors (Lipinski definition) is 2. The Kier molecular flexibility index (Phi) is 4.36. The molecular weight excluding hydrogens is 351 g/mol. The van der Waals surface area contributed by atoms with Crippen LogP contribution in [-0.4, -0.2) is 50.9 Å². The van der Waals surface area contributed by atoms with Gasteiger partial charge >= 0.3 is 0 Å². The monoisotopic (exact) mass is 370 g/mol. The zero-order valence-electron chi connectivity index (χ0n) is 14.9. The predicted molar refractivity (Wildman–Crippen MR) is 98.3 cm³/mol. The van der Waals surface area contributed by atoms with Crippen molar-refractivity contribution >= 4 is 17.5 Å². The van der Waals surface area contributed by atoms with Crippen molar-refractivity contribution in [2.24, 2.45) is 0 Å². The first-order chi connectivity index (χ1) is 13.0. The molecule has 1 atom stereocenters. The highest BCUT2D eigenvalue weighted by Gasteiger charge is 2.26. The number of aryl methyl sites for hydroxylation is 1. The molecule has 0 bridgehead atoms. The summed E-state index contributed by atoms with van der Waals surface area (Å²) in [5.74, 6) is 1.04. The Bertz CT molecular complexity index is 976. The van der Waals surface area contributed by atoms with Gasteiger partial charge in [-0.25, -0.2) is 14.4 Å². The molecule has 0 fully saturated rings. The van der Waals surface area contributed by atoms with Crippen LogP contribution in [0.1, 0.15) is 5.69 Å². The third-order valence-electron chi connectivity index (χ3n) is 4.45. The maximum atomic E-state index is 14.5. The highest BCUT2D eigenvalue weighted by atomic mass is 19.1. The van der Waals surface area contributed by atoms with Crippen molar-refractivity contribution in [2.45, 2.75) is 13.0 Å². The summed E-state index contributed by atoms with van der Waals surface area (Å²) in [5.41, 5.74) is 1.74. The molecule has 140 valence electrons. The van der Waals surface area contributed by atoms with Crippen molar-refractivity contribution < 1.29 is 14.2 Å². The maximum Gasteiger partial charge on any atom is 0.229 e. The molecule has 1 aliphatic heterocycles. The van der Waals surface area contributed by atoms with Crippen LogP contribution in [0.25, 0.3) is 5.69 Å². The van der Waals surface area contributed by atoms with E-state index in [0.29, 0.717) is 35.5 Å². The number of ether oxygens (including phenoxy) is 1. The summed E-state index contributed by atoms with van der Waals surface area (Å²) in [6.45, 7) is 2.18. The summed E-state index contributed by atoms with van der Waals surface area (Å²) >= 11 is 0. The van der Waals surface area contributed by atoms with Crippen molar-refractivity contribution in [3.8, 4) is 11.4 Å². The van der Waals surface area contributed by atoms with E-state index < -0.39 is 5.82 Å². The van der Waals surface area contributed by atoms with E-state index in [-0.39, 0.29) is 12.6 Å². The zero-order chi connectivity index (χ0) is 19.0. The van der Waals surface area contributed by atoms with Crippen molar-refractivity contribution in [3.63, 3.8) is 0 Å². The highest BCUT2D eigenvalue weighted by Crippen LogP contribution is 2.31. The number of fused-ring (bicyclic) bond motifs is 1. The summed E-state index contributed by atoms with van der Waals surface area (Å²) in [4.78, 5) is 14.6. The topological polar surface area (TPSA) is 88.3 Å². The smallest absolute Gasteiger partial charge is 0.229 e. The minimum atomic E-state index is -0.392. The molecule has 1 aliphatic rings. The summed E-state index contributed by atoms with van der Waals surface area (Å²) in [7, 11) is 1.83. The number of halogens is 1. The molecule has 0 radical (unpaired) electrons. The third kappa shape index (κ3) is 3.28. The van der Waals surface area contributed by atoms with Crippen LogP contribution < -0.4 is 15.0 Å². The van der Waals surface area contributed by atoms with Gasteiger partial charge in [0.25, 0.3) is 0 Å². The van der Waals surface area contributed by atoms with Crippen molar-refractivity contribution in [1.29, 1.82) is 0 Å². The van der Waals surface area contributed by atoms with Gasteiger partial charge in [0.15, 0.2) is 11.6 Å². The molecule has 1 aromatic carbocycles. The fourth-order valence-electron chi connectivity index (χ4n) is 2.90. The van der Waals surface area contributed by atoms with E-state index >= 15 is 0 Å². The number of hydrogen-bond acceptors (Lipinski definition) is 7. The van der Waals surface area contributed by atoms with E-state index in [4.69, 9.17) is 4.74 Å². The molecule has 0 unspecified atom stereocenters. The third-order valence-corrected chi connectivity index (χ3v) is 4.45. The second-order valence-electron chi connectivity index (χ2n) is 6.35. The van der Waals surface area contributed by atoms with Gasteiger partial charge in [0.05, 0.1) is 36.6 Å². The lowest BCUT2D eigenvalue weighted by atomic mass is 10.2. The van der Waals surface area contributed by atoms with E-state index in [1.165, 1.54) is 6.07 Å². The standard InChI is InChI=1S/C18H19FN6O2/c1-11-7-25(10-21-11)15-4-3-12(5-14(15)19)22-18-20-6-16-17(23-18)24(2)13(8-26)9-27-16/h3-7,10,13,26H,8-9H2,1-2H3,(H,20,22,23)/t13-/m0/s1. The Morgan fingerprint density at radius 3 is 2.93 bits per heavy atom. The first-order valence-electron chi connectivity index (χ1n) is 8.46. The molecular formula is C18H19FN6O2. The molecule has 4 rings (SSSR count). The largest absolute Gasteiger partial charge is 0.486 e. The van der Waals surface area contributed by atoms with E-state index in [1.54, 1.807) is 35.4 Å². The van der Waals surface area contributed by atoms with E-state index in [0.717, 1.165) is 5.69 Å². The first kappa shape index (κ1) is 17.2. The lowest BCUT2D eigenvalue weighted by molar-refractivity contribution is 0.189. The predicted octanol–water partition coefficient (Wildman–Crippen LogP) is 2.04. The van der Waals surface area contributed by atoms with Gasteiger partial charge in [-0.3, -0.25) is 0 Å². The maximum absolute atomic E-state index is 14.5. The molecule has 3 heterocycles. The lowest BCUT2D eigenvalue weighted by Gasteiger charge is -2.33. The van der Waals surface area contributed by atoms with Crippen LogP contribution in [0.15, 0.2) is 36.9 Å². The van der Waals surface area contributed by atoms with Crippen LogP contribution in [0.4, 0.5) is 21.8 Å². The Balaban J connectivity index is 1.58. The zero-order valence-corrected chi connectivity index (χ0v) is 14.9. The van der Waals surface area contributed by atoms with Gasteiger partial charge in [-0.1, -0.05) is 0 Å². The molecule has 0 aliphatic carbocycles. The number of imidazole rings is 1. The molecule has 9 heteroatoms. The second-order valence-corrected chi connectivity index (χ2v) is 6.35. The number of nitrogens with one attached hydrogen (secondary N) is 1. The van der Waals surface area contributed by atoms with Gasteiger partial charge in [-0.15, -0.1) is 0 Å². The second kappa shape index (κ2) is 6.84. The molecule has 3 aromatic rings. The van der Waals surface area contributed by atoms with E-state index in [1.807, 2.05) is 18.9 Å². The summed E-state index contributed by atoms with van der Waals surface area (Å²) in [6, 6.07) is 4.61. The molecule has 0 spiro atoms. The molecule has 2 aromatic heterocycles. The molecule has 27 heavy (non-hydrogen) atoms. The van der Waals surface area contributed by atoms with Gasteiger partial charge in [0.1, 0.15) is 12.4 Å². The summed E-state index contributed by atoms with van der Waals surface area (Å²) < 4.78 is 21.7. The number of nitrogens with zero attached hydrogens (tertiary/aromatic N) is 5. The van der Waals surface area contributed by atoms with Crippen LogP contribution in [0.2, 0.25) is 0 Å². The number of rotatable bonds is 4. The highest BCUT2D eigenvalue weighted by molar-refractivity contribution is 5.61.